The first-order valence-electron chi connectivity index (χ1n) is 8.38. The number of carbonyl (C=O) groups is 2. The van der Waals surface area contributed by atoms with E-state index in [9.17, 15) is 9.59 Å². The van der Waals surface area contributed by atoms with Crippen LogP contribution in [0, 0.1) is 16.7 Å². The Balaban J connectivity index is 2.15. The maximum Gasteiger partial charge on any atom is 0.181 e. The molecule has 0 amide bonds. The third-order valence-corrected chi connectivity index (χ3v) is 6.06. The van der Waals surface area contributed by atoms with Crippen molar-refractivity contribution in [2.45, 2.75) is 60.3 Å². The summed E-state index contributed by atoms with van der Waals surface area (Å²) in [5, 5.41) is 0. The van der Waals surface area contributed by atoms with Gasteiger partial charge in [0.05, 0.1) is 0 Å². The smallest absolute Gasteiger partial charge is 0.181 e. The molecule has 0 radical (unpaired) electrons. The van der Waals surface area contributed by atoms with Gasteiger partial charge in [0.1, 0.15) is 0 Å². The monoisotopic (exact) mass is 298 g/mol. The highest BCUT2D eigenvalue weighted by Gasteiger charge is 2.48. The minimum absolute atomic E-state index is 0.0243. The van der Waals surface area contributed by atoms with Crippen LogP contribution in [0.5, 0.6) is 0 Å². The lowest BCUT2D eigenvalue weighted by molar-refractivity contribution is -0.116. The van der Waals surface area contributed by atoms with Crippen molar-refractivity contribution in [2.75, 3.05) is 0 Å². The molecule has 0 spiro atoms. The Bertz CT molecular complexity index is 659. The molecule has 0 aromatic rings. The maximum absolute atomic E-state index is 12.5. The maximum atomic E-state index is 12.5. The van der Waals surface area contributed by atoms with Gasteiger partial charge in [-0.3, -0.25) is 9.59 Å². The van der Waals surface area contributed by atoms with Crippen LogP contribution in [-0.2, 0) is 9.59 Å². The van der Waals surface area contributed by atoms with Crippen molar-refractivity contribution < 1.29 is 9.59 Å². The molecular weight excluding hydrogens is 272 g/mol. The van der Waals surface area contributed by atoms with E-state index in [4.69, 9.17) is 0 Å². The van der Waals surface area contributed by atoms with Crippen molar-refractivity contribution in [3.05, 3.63) is 34.4 Å². The molecule has 1 fully saturated rings. The summed E-state index contributed by atoms with van der Waals surface area (Å²) in [5.74, 6) is 0.758. The van der Waals surface area contributed by atoms with Gasteiger partial charge >= 0.3 is 0 Å². The largest absolute Gasteiger partial charge is 0.295 e. The molecule has 0 bridgehead atoms. The van der Waals surface area contributed by atoms with E-state index in [1.54, 1.807) is 6.08 Å². The minimum atomic E-state index is -0.0868. The van der Waals surface area contributed by atoms with E-state index in [1.165, 1.54) is 11.1 Å². The topological polar surface area (TPSA) is 34.1 Å². The Labute approximate surface area is 133 Å². The van der Waals surface area contributed by atoms with E-state index >= 15 is 0 Å². The summed E-state index contributed by atoms with van der Waals surface area (Å²) >= 11 is 0. The van der Waals surface area contributed by atoms with Crippen molar-refractivity contribution >= 4 is 11.6 Å². The fourth-order valence-electron chi connectivity index (χ4n) is 4.73. The molecule has 3 aliphatic rings. The minimum Gasteiger partial charge on any atom is -0.295 e. The summed E-state index contributed by atoms with van der Waals surface area (Å²) < 4.78 is 0. The molecule has 0 aromatic heterocycles. The van der Waals surface area contributed by atoms with E-state index < -0.39 is 0 Å². The van der Waals surface area contributed by atoms with Crippen LogP contribution < -0.4 is 0 Å². The fourth-order valence-corrected chi connectivity index (χ4v) is 4.73. The number of rotatable bonds is 1. The molecule has 2 atom stereocenters. The van der Waals surface area contributed by atoms with Crippen molar-refractivity contribution in [3.63, 3.8) is 0 Å². The average Bonchev–Trinajstić information content (AvgIpc) is 2.62. The van der Waals surface area contributed by atoms with Crippen LogP contribution >= 0.6 is 0 Å². The summed E-state index contributed by atoms with van der Waals surface area (Å²) in [6, 6.07) is 0. The molecule has 3 rings (SSSR count). The summed E-state index contributed by atoms with van der Waals surface area (Å²) in [7, 11) is 0. The lowest BCUT2D eigenvalue weighted by Crippen LogP contribution is -2.25. The average molecular weight is 298 g/mol. The highest BCUT2D eigenvalue weighted by molar-refractivity contribution is 6.05. The van der Waals surface area contributed by atoms with Crippen molar-refractivity contribution in [1.29, 1.82) is 0 Å². The van der Waals surface area contributed by atoms with Gasteiger partial charge in [-0.05, 0) is 49.3 Å². The van der Waals surface area contributed by atoms with Crippen LogP contribution in [0.1, 0.15) is 60.3 Å². The molecule has 2 nitrogen and oxygen atoms in total. The second kappa shape index (κ2) is 4.78. The molecule has 22 heavy (non-hydrogen) atoms. The number of hydrogen-bond acceptors (Lipinski definition) is 2. The number of carbonyl (C=O) groups excluding carboxylic acids is 2. The van der Waals surface area contributed by atoms with Gasteiger partial charge in [0, 0.05) is 17.3 Å². The quantitative estimate of drug-likeness (QED) is 0.711. The predicted molar refractivity (Wildman–Crippen MR) is 88.4 cm³/mol. The number of ketones is 2. The number of allylic oxidation sites excluding steroid dienone is 6. The third-order valence-electron chi connectivity index (χ3n) is 6.06. The van der Waals surface area contributed by atoms with Gasteiger partial charge in [0.25, 0.3) is 0 Å². The van der Waals surface area contributed by atoms with Crippen molar-refractivity contribution in [1.82, 2.24) is 0 Å². The molecule has 2 heteroatoms. The van der Waals surface area contributed by atoms with Crippen LogP contribution in [0.15, 0.2) is 34.4 Å². The molecule has 118 valence electrons. The van der Waals surface area contributed by atoms with Gasteiger partial charge in [-0.25, -0.2) is 0 Å². The van der Waals surface area contributed by atoms with E-state index in [0.717, 1.165) is 30.4 Å². The van der Waals surface area contributed by atoms with Gasteiger partial charge in [0.15, 0.2) is 11.6 Å². The normalized spacial score (nSPS) is 35.2. The molecule has 3 aliphatic carbocycles. The third kappa shape index (κ3) is 2.07. The predicted octanol–water partition coefficient (Wildman–Crippen LogP) is 4.56. The first-order chi connectivity index (χ1) is 10.2. The molecule has 0 aromatic carbocycles. The van der Waals surface area contributed by atoms with Crippen molar-refractivity contribution in [3.8, 4) is 0 Å². The van der Waals surface area contributed by atoms with Gasteiger partial charge < -0.3 is 0 Å². The first-order valence-corrected chi connectivity index (χ1v) is 8.38. The highest BCUT2D eigenvalue weighted by Crippen LogP contribution is 2.57. The van der Waals surface area contributed by atoms with Crippen LogP contribution in [-0.4, -0.2) is 11.6 Å². The van der Waals surface area contributed by atoms with E-state index in [0.29, 0.717) is 18.1 Å². The Morgan fingerprint density at radius 1 is 1.09 bits per heavy atom. The first kappa shape index (κ1) is 15.5. The van der Waals surface area contributed by atoms with E-state index in [1.807, 2.05) is 6.92 Å². The standard InChI is InChI=1S/C20H26O2/c1-12(2)18-14-6-8-19(4)9-7-16(21)13(3)15(19)10-20(14,5)11-17(18)22/h7,9,12H,6,8,10-11H2,1-5H3/t19-,20+/m1/s1. The van der Waals surface area contributed by atoms with E-state index in [2.05, 4.69) is 33.8 Å². The fraction of sp³-hybridized carbons (Fsp3) is 0.600. The summed E-state index contributed by atoms with van der Waals surface area (Å²) in [4.78, 5) is 24.6. The Morgan fingerprint density at radius 3 is 2.41 bits per heavy atom. The van der Waals surface area contributed by atoms with Gasteiger partial charge in [-0.1, -0.05) is 44.9 Å². The molecular formula is C20H26O2. The molecule has 0 aliphatic heterocycles. The Kier molecular flexibility index (Phi) is 3.36. The number of hydrogen-bond donors (Lipinski definition) is 0. The van der Waals surface area contributed by atoms with Gasteiger partial charge in [-0.2, -0.15) is 0 Å². The SMILES string of the molecule is CC1=C2C[C@@]3(C)CC(=O)C(C(C)C)=C3CC[C@]2(C)C=CC1=O. The van der Waals surface area contributed by atoms with Crippen molar-refractivity contribution in [2.24, 2.45) is 16.7 Å². The summed E-state index contributed by atoms with van der Waals surface area (Å²) in [5.41, 5.74) is 4.48. The lowest BCUT2D eigenvalue weighted by Gasteiger charge is -2.34. The second-order valence-electron chi connectivity index (χ2n) is 8.10. The number of Topliss-reactive ketones (excluding diaryl/α,β-unsaturated/α-hetero) is 1. The molecule has 0 heterocycles. The Morgan fingerprint density at radius 2 is 1.77 bits per heavy atom. The lowest BCUT2D eigenvalue weighted by atomic mass is 9.69. The Hall–Kier alpha value is -1.44. The van der Waals surface area contributed by atoms with E-state index in [-0.39, 0.29) is 16.6 Å². The molecule has 0 saturated heterocycles. The van der Waals surface area contributed by atoms with Crippen LogP contribution in [0.2, 0.25) is 0 Å². The molecule has 0 N–H and O–H groups in total. The molecule has 1 saturated carbocycles. The summed E-state index contributed by atoms with van der Waals surface area (Å²) in [6.45, 7) is 10.7. The zero-order valence-corrected chi connectivity index (χ0v) is 14.4. The van der Waals surface area contributed by atoms with Crippen LogP contribution in [0.4, 0.5) is 0 Å². The summed E-state index contributed by atoms with van der Waals surface area (Å²) in [6.07, 6.45) is 7.27. The van der Waals surface area contributed by atoms with Gasteiger partial charge in [0.2, 0.25) is 0 Å². The van der Waals surface area contributed by atoms with Gasteiger partial charge in [-0.15, -0.1) is 0 Å². The highest BCUT2D eigenvalue weighted by atomic mass is 16.1. The van der Waals surface area contributed by atoms with Crippen LogP contribution in [0.3, 0.4) is 0 Å². The molecule has 0 unspecified atom stereocenters. The zero-order chi connectivity index (χ0) is 16.3. The zero-order valence-electron chi connectivity index (χ0n) is 14.4. The second-order valence-corrected chi connectivity index (χ2v) is 8.10. The number of fused-ring (bicyclic) bond motifs is 2. The van der Waals surface area contributed by atoms with Crippen LogP contribution in [0.25, 0.3) is 0 Å².